The molecule has 0 saturated carbocycles. The third-order valence-corrected chi connectivity index (χ3v) is 8.77. The lowest BCUT2D eigenvalue weighted by atomic mass is 9.81. The van der Waals surface area contributed by atoms with Gasteiger partial charge < -0.3 is 9.45 Å². The molecule has 0 radical (unpaired) electrons. The number of rotatable bonds is 4. The van der Waals surface area contributed by atoms with Crippen LogP contribution >= 0.6 is 0 Å². The molecule has 3 aromatic rings. The van der Waals surface area contributed by atoms with Crippen molar-refractivity contribution in [2.45, 2.75) is 50.3 Å². The Labute approximate surface area is 239 Å². The van der Waals surface area contributed by atoms with Crippen molar-refractivity contribution in [3.8, 4) is 0 Å². The largest absolute Gasteiger partial charge is 0.744 e. The summed E-state index contributed by atoms with van der Waals surface area (Å²) in [5.74, 6) is 0. The summed E-state index contributed by atoms with van der Waals surface area (Å²) in [6.07, 6.45) is 10.9. The number of allylic oxidation sites excluding steroid dienone is 6. The molecule has 6 heteroatoms. The summed E-state index contributed by atoms with van der Waals surface area (Å²) in [5, 5.41) is 0. The molecular weight excluding hydrogens is 516 g/mol. The second-order valence-corrected chi connectivity index (χ2v) is 12.7. The molecule has 0 aliphatic carbocycles. The van der Waals surface area contributed by atoms with Crippen LogP contribution in [0.3, 0.4) is 0 Å². The molecule has 3 aromatic carbocycles. The summed E-state index contributed by atoms with van der Waals surface area (Å²) in [7, 11) is 0.0482. The monoisotopic (exact) mass is 554 g/mol. The molecule has 0 aromatic heterocycles. The first-order chi connectivity index (χ1) is 18.8. The number of fused-ring (bicyclic) bond motifs is 2. The van der Waals surface area contributed by atoms with E-state index in [-0.39, 0.29) is 15.7 Å². The number of para-hydroxylation sites is 2. The van der Waals surface area contributed by atoms with Crippen LogP contribution in [0.4, 0.5) is 11.4 Å². The van der Waals surface area contributed by atoms with E-state index in [1.807, 2.05) is 6.92 Å². The molecule has 208 valence electrons. The Kier molecular flexibility index (Phi) is 8.06. The molecule has 0 spiro atoms. The molecule has 0 atom stereocenters. The lowest BCUT2D eigenvalue weighted by Crippen LogP contribution is -2.26. The van der Waals surface area contributed by atoms with Crippen molar-refractivity contribution in [3.05, 3.63) is 126 Å². The minimum Gasteiger partial charge on any atom is -0.744 e. The maximum Gasteiger partial charge on any atom is 0.209 e. The number of benzene rings is 3. The van der Waals surface area contributed by atoms with Gasteiger partial charge in [-0.3, -0.25) is 0 Å². The Morgan fingerprint density at radius 3 is 2.00 bits per heavy atom. The Bertz CT molecular complexity index is 1640. The molecule has 0 fully saturated rings. The number of anilines is 1. The first-order valence-electron chi connectivity index (χ1n) is 13.4. The van der Waals surface area contributed by atoms with Crippen LogP contribution in [0.2, 0.25) is 0 Å². The molecule has 5 rings (SSSR count). The van der Waals surface area contributed by atoms with E-state index >= 15 is 0 Å². The molecule has 2 heterocycles. The molecule has 5 nitrogen and oxygen atoms in total. The van der Waals surface area contributed by atoms with Crippen molar-refractivity contribution in [3.63, 3.8) is 0 Å². The van der Waals surface area contributed by atoms with Crippen LogP contribution in [0.15, 0.2) is 114 Å². The van der Waals surface area contributed by atoms with E-state index in [2.05, 4.69) is 130 Å². The van der Waals surface area contributed by atoms with Crippen molar-refractivity contribution >= 4 is 27.2 Å². The van der Waals surface area contributed by atoms with Crippen molar-refractivity contribution < 1.29 is 17.5 Å². The number of nitrogens with zero attached hydrogens (tertiary/aromatic N) is 2. The average molecular weight is 555 g/mol. The van der Waals surface area contributed by atoms with E-state index in [1.165, 1.54) is 46.0 Å². The topological polar surface area (TPSA) is 63.5 Å². The van der Waals surface area contributed by atoms with Crippen molar-refractivity contribution in [1.82, 2.24) is 0 Å². The molecule has 40 heavy (non-hydrogen) atoms. The van der Waals surface area contributed by atoms with Crippen LogP contribution < -0.4 is 4.90 Å². The van der Waals surface area contributed by atoms with Gasteiger partial charge in [-0.2, -0.15) is 4.58 Å². The van der Waals surface area contributed by atoms with Crippen LogP contribution in [0, 0.1) is 6.92 Å². The lowest BCUT2D eigenvalue weighted by molar-refractivity contribution is -0.401. The summed E-state index contributed by atoms with van der Waals surface area (Å²) < 4.78 is 33.5. The first-order valence-corrected chi connectivity index (χ1v) is 14.8. The van der Waals surface area contributed by atoms with Gasteiger partial charge in [0.05, 0.1) is 10.3 Å². The number of aryl methyl sites for hydroxylation is 1. The van der Waals surface area contributed by atoms with Crippen molar-refractivity contribution in [2.24, 2.45) is 0 Å². The summed E-state index contributed by atoms with van der Waals surface area (Å²) in [6.45, 7) is 11.0. The van der Waals surface area contributed by atoms with E-state index < -0.39 is 10.1 Å². The molecule has 0 bridgehead atoms. The Morgan fingerprint density at radius 2 is 1.40 bits per heavy atom. The zero-order valence-electron chi connectivity index (χ0n) is 24.3. The average Bonchev–Trinajstić information content (AvgIpc) is 3.22. The summed E-state index contributed by atoms with van der Waals surface area (Å²) >= 11 is 0. The third-order valence-electron chi connectivity index (χ3n) is 7.92. The Morgan fingerprint density at radius 1 is 0.800 bits per heavy atom. The maximum absolute atomic E-state index is 10.4. The van der Waals surface area contributed by atoms with E-state index in [1.54, 1.807) is 12.1 Å². The normalized spacial score (nSPS) is 18.3. The SMILES string of the molecule is CN1C(=CC=CC=CC2=[N+](C)c3ccccc3C2(C)C)C(C)(C)c2ccccc21.Cc1ccc(S(=O)(=O)[O-])cc1. The molecule has 0 unspecified atom stereocenters. The zero-order chi connectivity index (χ0) is 29.3. The summed E-state index contributed by atoms with van der Waals surface area (Å²) in [5.41, 5.74) is 8.99. The molecule has 0 saturated heterocycles. The highest BCUT2D eigenvalue weighted by Crippen LogP contribution is 2.46. The van der Waals surface area contributed by atoms with Gasteiger partial charge in [-0.25, -0.2) is 8.42 Å². The van der Waals surface area contributed by atoms with Crippen LogP contribution in [0.1, 0.15) is 44.4 Å². The van der Waals surface area contributed by atoms with Crippen molar-refractivity contribution in [1.29, 1.82) is 0 Å². The fraction of sp³-hybridized carbons (Fsp3) is 0.265. The van der Waals surface area contributed by atoms with E-state index in [0.717, 1.165) is 5.56 Å². The standard InChI is InChI=1S/C27H31N2.C7H8O3S/c1-26(2)20-14-10-12-16-22(20)28(5)24(26)18-8-7-9-19-25-27(3,4)21-15-11-13-17-23(21)29(25)6;1-6-2-4-7(5-3-6)11(8,9)10/h7-19H,1-6H3;2-5H,1H3,(H,8,9,10)/q+1;/p-1. The predicted molar refractivity (Wildman–Crippen MR) is 164 cm³/mol. The van der Waals surface area contributed by atoms with Crippen LogP contribution in [-0.2, 0) is 20.9 Å². The van der Waals surface area contributed by atoms with E-state index in [9.17, 15) is 13.0 Å². The zero-order valence-corrected chi connectivity index (χ0v) is 25.2. The van der Waals surface area contributed by atoms with Gasteiger partial charge in [-0.15, -0.1) is 0 Å². The molecular formula is C34H38N2O3S. The van der Waals surface area contributed by atoms with Gasteiger partial charge in [0.15, 0.2) is 5.71 Å². The van der Waals surface area contributed by atoms with Gasteiger partial charge in [-0.1, -0.05) is 86.2 Å². The second-order valence-electron chi connectivity index (χ2n) is 11.4. The van der Waals surface area contributed by atoms with Gasteiger partial charge in [0.25, 0.3) is 0 Å². The van der Waals surface area contributed by atoms with E-state index in [0.29, 0.717) is 0 Å². The number of hydrogen-bond donors (Lipinski definition) is 0. The van der Waals surface area contributed by atoms with Crippen LogP contribution in [-0.4, -0.2) is 37.4 Å². The molecule has 0 N–H and O–H groups in total. The van der Waals surface area contributed by atoms with Crippen molar-refractivity contribution in [2.75, 3.05) is 19.0 Å². The Hall–Kier alpha value is -3.74. The fourth-order valence-electron chi connectivity index (χ4n) is 5.67. The highest BCUT2D eigenvalue weighted by atomic mass is 32.2. The minimum absolute atomic E-state index is 0.0173. The maximum atomic E-state index is 10.4. The van der Waals surface area contributed by atoms with Gasteiger partial charge in [0, 0.05) is 41.6 Å². The summed E-state index contributed by atoms with van der Waals surface area (Å²) in [6, 6.07) is 23.2. The van der Waals surface area contributed by atoms with Gasteiger partial charge in [-0.05, 0) is 50.6 Å². The van der Waals surface area contributed by atoms with Gasteiger partial charge >= 0.3 is 0 Å². The molecule has 2 aliphatic heterocycles. The smallest absolute Gasteiger partial charge is 0.209 e. The van der Waals surface area contributed by atoms with Crippen LogP contribution in [0.25, 0.3) is 0 Å². The van der Waals surface area contributed by atoms with Gasteiger partial charge in [0.2, 0.25) is 5.69 Å². The quantitative estimate of drug-likeness (QED) is 0.198. The van der Waals surface area contributed by atoms with Gasteiger partial charge in [0.1, 0.15) is 17.2 Å². The van der Waals surface area contributed by atoms with Crippen LogP contribution in [0.5, 0.6) is 0 Å². The number of likely N-dealkylation sites (N-methyl/N-ethyl adjacent to an activating group) is 1. The molecule has 0 amide bonds. The minimum atomic E-state index is -4.27. The highest BCUT2D eigenvalue weighted by molar-refractivity contribution is 7.85. The second kappa shape index (κ2) is 11.0. The fourth-order valence-corrected chi connectivity index (χ4v) is 6.14. The number of hydrogen-bond acceptors (Lipinski definition) is 4. The third kappa shape index (κ3) is 5.60. The Balaban J connectivity index is 0.000000283. The highest BCUT2D eigenvalue weighted by Gasteiger charge is 2.42. The summed E-state index contributed by atoms with van der Waals surface area (Å²) in [4.78, 5) is 2.13. The van der Waals surface area contributed by atoms with E-state index in [4.69, 9.17) is 0 Å². The lowest BCUT2D eigenvalue weighted by Gasteiger charge is -2.23. The first kappa shape index (κ1) is 29.2. The molecule has 2 aliphatic rings. The predicted octanol–water partition coefficient (Wildman–Crippen LogP) is 7.02.